The number of aliphatic hydroxyl groups is 1. The second kappa shape index (κ2) is 5.23. The molecule has 0 amide bonds. The highest BCUT2D eigenvalue weighted by atomic mass is 32.1. The van der Waals surface area contributed by atoms with Gasteiger partial charge in [0.25, 0.3) is 0 Å². The summed E-state index contributed by atoms with van der Waals surface area (Å²) in [5.74, 6) is 0. The van der Waals surface area contributed by atoms with E-state index in [9.17, 15) is 5.11 Å². The van der Waals surface area contributed by atoms with E-state index in [0.717, 1.165) is 38.0 Å². The molecule has 1 aromatic carbocycles. The maximum absolute atomic E-state index is 11.0. The molecule has 1 fully saturated rings. The van der Waals surface area contributed by atoms with Crippen molar-refractivity contribution < 1.29 is 5.11 Å². The molecule has 0 radical (unpaired) electrons. The molecule has 2 aromatic rings. The third kappa shape index (κ3) is 2.42. The summed E-state index contributed by atoms with van der Waals surface area (Å²) in [5.41, 5.74) is 0.505. The van der Waals surface area contributed by atoms with Gasteiger partial charge in [0.15, 0.2) is 0 Å². The van der Waals surface area contributed by atoms with Gasteiger partial charge in [-0.15, -0.1) is 11.3 Å². The van der Waals surface area contributed by atoms with Gasteiger partial charge < -0.3 is 10.0 Å². The first-order valence-electron chi connectivity index (χ1n) is 7.14. The van der Waals surface area contributed by atoms with Crippen molar-refractivity contribution in [3.05, 3.63) is 35.2 Å². The molecule has 1 N–H and O–H groups in total. The second-order valence-electron chi connectivity index (χ2n) is 5.52. The number of hydrogen-bond acceptors (Lipinski definition) is 3. The van der Waals surface area contributed by atoms with Gasteiger partial charge in [0, 0.05) is 23.4 Å². The molecule has 0 spiro atoms. The lowest BCUT2D eigenvalue weighted by atomic mass is 9.84. The van der Waals surface area contributed by atoms with Crippen LogP contribution in [-0.2, 0) is 5.60 Å². The average Bonchev–Trinajstić information content (AvgIpc) is 2.90. The Morgan fingerprint density at radius 3 is 2.79 bits per heavy atom. The Morgan fingerprint density at radius 1 is 1.26 bits per heavy atom. The Labute approximate surface area is 118 Å². The number of thiophene rings is 1. The molecule has 1 aromatic heterocycles. The Morgan fingerprint density at radius 2 is 2.05 bits per heavy atom. The van der Waals surface area contributed by atoms with E-state index in [1.165, 1.54) is 16.5 Å². The summed E-state index contributed by atoms with van der Waals surface area (Å²) in [6.07, 6.45) is 2.90. The number of fused-ring (bicyclic) bond motifs is 1. The molecule has 1 aliphatic rings. The monoisotopic (exact) mass is 275 g/mol. The van der Waals surface area contributed by atoms with Gasteiger partial charge in [0.1, 0.15) is 0 Å². The molecule has 0 aliphatic carbocycles. The van der Waals surface area contributed by atoms with Gasteiger partial charge >= 0.3 is 0 Å². The SMILES string of the molecule is CCCN1CCC(O)(c2cccc3ccsc23)CC1. The Balaban J connectivity index is 1.87. The maximum Gasteiger partial charge on any atom is 0.0934 e. The highest BCUT2D eigenvalue weighted by Gasteiger charge is 2.35. The van der Waals surface area contributed by atoms with Crippen LogP contribution in [-0.4, -0.2) is 29.6 Å². The van der Waals surface area contributed by atoms with Crippen molar-refractivity contribution in [2.24, 2.45) is 0 Å². The van der Waals surface area contributed by atoms with Crippen LogP contribution in [0.1, 0.15) is 31.7 Å². The fourth-order valence-corrected chi connectivity index (χ4v) is 4.10. The summed E-state index contributed by atoms with van der Waals surface area (Å²) >= 11 is 1.74. The van der Waals surface area contributed by atoms with E-state index in [1.807, 2.05) is 0 Å². The van der Waals surface area contributed by atoms with Crippen LogP contribution in [0.15, 0.2) is 29.6 Å². The lowest BCUT2D eigenvalue weighted by molar-refractivity contribution is -0.0244. The zero-order chi connectivity index (χ0) is 13.3. The standard InChI is InChI=1S/C16H21NOS/c1-2-9-17-10-7-16(18,8-11-17)14-5-3-4-13-6-12-19-15(13)14/h3-6,12,18H,2,7-11H2,1H3. The van der Waals surface area contributed by atoms with Crippen molar-refractivity contribution in [1.29, 1.82) is 0 Å². The third-order valence-electron chi connectivity index (χ3n) is 4.20. The predicted octanol–water partition coefficient (Wildman–Crippen LogP) is 3.59. The van der Waals surface area contributed by atoms with E-state index >= 15 is 0 Å². The van der Waals surface area contributed by atoms with Crippen molar-refractivity contribution in [2.75, 3.05) is 19.6 Å². The molecular formula is C16H21NOS. The van der Waals surface area contributed by atoms with Crippen LogP contribution in [0.5, 0.6) is 0 Å². The fourth-order valence-electron chi connectivity index (χ4n) is 3.09. The normalized spacial score (nSPS) is 19.9. The zero-order valence-corrected chi connectivity index (χ0v) is 12.2. The molecule has 0 saturated carbocycles. The van der Waals surface area contributed by atoms with Crippen LogP contribution >= 0.6 is 11.3 Å². The molecule has 2 heterocycles. The second-order valence-corrected chi connectivity index (χ2v) is 6.43. The molecule has 0 unspecified atom stereocenters. The molecule has 19 heavy (non-hydrogen) atoms. The van der Waals surface area contributed by atoms with Crippen molar-refractivity contribution in [3.8, 4) is 0 Å². The first-order chi connectivity index (χ1) is 9.23. The number of nitrogens with zero attached hydrogens (tertiary/aromatic N) is 1. The van der Waals surface area contributed by atoms with E-state index < -0.39 is 5.60 Å². The quantitative estimate of drug-likeness (QED) is 0.925. The summed E-state index contributed by atoms with van der Waals surface area (Å²) in [6.45, 7) is 5.38. The number of piperidine rings is 1. The molecule has 0 atom stereocenters. The van der Waals surface area contributed by atoms with Gasteiger partial charge in [0.05, 0.1) is 5.60 Å². The third-order valence-corrected chi connectivity index (χ3v) is 5.17. The van der Waals surface area contributed by atoms with Gasteiger partial charge in [-0.05, 0) is 42.6 Å². The fraction of sp³-hybridized carbons (Fsp3) is 0.500. The van der Waals surface area contributed by atoms with Gasteiger partial charge in [-0.3, -0.25) is 0 Å². The summed E-state index contributed by atoms with van der Waals surface area (Å²) in [4.78, 5) is 2.46. The number of benzene rings is 1. The van der Waals surface area contributed by atoms with E-state index in [2.05, 4.69) is 41.5 Å². The highest BCUT2D eigenvalue weighted by molar-refractivity contribution is 7.17. The molecule has 3 rings (SSSR count). The Hall–Kier alpha value is -0.900. The number of rotatable bonds is 3. The van der Waals surface area contributed by atoms with E-state index in [4.69, 9.17) is 0 Å². The lowest BCUT2D eigenvalue weighted by Crippen LogP contribution is -2.42. The maximum atomic E-state index is 11.0. The first kappa shape index (κ1) is 13.1. The van der Waals surface area contributed by atoms with Gasteiger partial charge in [-0.1, -0.05) is 25.1 Å². The molecule has 3 heteroatoms. The number of likely N-dealkylation sites (tertiary alicyclic amines) is 1. The Kier molecular flexibility index (Phi) is 3.61. The van der Waals surface area contributed by atoms with Gasteiger partial charge in [0.2, 0.25) is 0 Å². The van der Waals surface area contributed by atoms with Crippen LogP contribution in [0.2, 0.25) is 0 Å². The first-order valence-corrected chi connectivity index (χ1v) is 8.02. The minimum absolute atomic E-state index is 0.630. The molecular weight excluding hydrogens is 254 g/mol. The summed E-state index contributed by atoms with van der Waals surface area (Å²) < 4.78 is 1.26. The summed E-state index contributed by atoms with van der Waals surface area (Å²) in [5, 5.41) is 14.4. The summed E-state index contributed by atoms with van der Waals surface area (Å²) in [6, 6.07) is 8.44. The van der Waals surface area contributed by atoms with Gasteiger partial charge in [-0.2, -0.15) is 0 Å². The van der Waals surface area contributed by atoms with E-state index in [1.54, 1.807) is 11.3 Å². The van der Waals surface area contributed by atoms with Crippen LogP contribution in [0, 0.1) is 0 Å². The van der Waals surface area contributed by atoms with Crippen LogP contribution in [0.25, 0.3) is 10.1 Å². The van der Waals surface area contributed by atoms with Gasteiger partial charge in [-0.25, -0.2) is 0 Å². The van der Waals surface area contributed by atoms with Crippen molar-refractivity contribution >= 4 is 21.4 Å². The number of hydrogen-bond donors (Lipinski definition) is 1. The summed E-state index contributed by atoms with van der Waals surface area (Å²) in [7, 11) is 0. The topological polar surface area (TPSA) is 23.5 Å². The molecule has 102 valence electrons. The van der Waals surface area contributed by atoms with Crippen LogP contribution in [0.4, 0.5) is 0 Å². The lowest BCUT2D eigenvalue weighted by Gasteiger charge is -2.38. The van der Waals surface area contributed by atoms with E-state index in [0.29, 0.717) is 0 Å². The largest absolute Gasteiger partial charge is 0.385 e. The Bertz CT molecular complexity index is 555. The average molecular weight is 275 g/mol. The van der Waals surface area contributed by atoms with Crippen molar-refractivity contribution in [2.45, 2.75) is 31.8 Å². The molecule has 1 aliphatic heterocycles. The minimum atomic E-state index is -0.630. The van der Waals surface area contributed by atoms with Crippen LogP contribution in [0.3, 0.4) is 0 Å². The smallest absolute Gasteiger partial charge is 0.0934 e. The predicted molar refractivity (Wildman–Crippen MR) is 81.7 cm³/mol. The molecule has 2 nitrogen and oxygen atoms in total. The zero-order valence-electron chi connectivity index (χ0n) is 11.4. The molecule has 1 saturated heterocycles. The van der Waals surface area contributed by atoms with E-state index in [-0.39, 0.29) is 0 Å². The highest BCUT2D eigenvalue weighted by Crippen LogP contribution is 2.38. The molecule has 0 bridgehead atoms. The van der Waals surface area contributed by atoms with Crippen molar-refractivity contribution in [1.82, 2.24) is 4.90 Å². The van der Waals surface area contributed by atoms with Crippen LogP contribution < -0.4 is 0 Å². The minimum Gasteiger partial charge on any atom is -0.385 e. The van der Waals surface area contributed by atoms with Crippen molar-refractivity contribution in [3.63, 3.8) is 0 Å².